The summed E-state index contributed by atoms with van der Waals surface area (Å²) in [5.41, 5.74) is 7.33. The first-order chi connectivity index (χ1) is 8.65. The van der Waals surface area contributed by atoms with Gasteiger partial charge in [0.05, 0.1) is 13.2 Å². The summed E-state index contributed by atoms with van der Waals surface area (Å²) >= 11 is 0. The van der Waals surface area contributed by atoms with E-state index in [1.807, 2.05) is 36.2 Å². The van der Waals surface area contributed by atoms with Crippen LogP contribution in [0.3, 0.4) is 0 Å². The monoisotopic (exact) mass is 251 g/mol. The van der Waals surface area contributed by atoms with E-state index in [1.54, 1.807) is 7.11 Å². The van der Waals surface area contributed by atoms with Crippen molar-refractivity contribution in [1.29, 1.82) is 0 Å². The van der Waals surface area contributed by atoms with Gasteiger partial charge in [-0.1, -0.05) is 12.1 Å². The maximum absolute atomic E-state index is 11.8. The van der Waals surface area contributed by atoms with Gasteiger partial charge in [-0.3, -0.25) is 9.69 Å². The van der Waals surface area contributed by atoms with Crippen molar-refractivity contribution in [3.8, 4) is 0 Å². The molecule has 0 aliphatic carbocycles. The Kier molecular flexibility index (Phi) is 6.35. The molecule has 0 aliphatic rings. The third-order valence-corrected chi connectivity index (χ3v) is 2.54. The number of nitrogens with two attached hydrogens (primary N) is 1. The number of anilines is 1. The van der Waals surface area contributed by atoms with Crippen molar-refractivity contribution < 1.29 is 9.53 Å². The summed E-state index contributed by atoms with van der Waals surface area (Å²) in [5, 5.41) is 2.85. The predicted molar refractivity (Wildman–Crippen MR) is 72.3 cm³/mol. The van der Waals surface area contributed by atoms with E-state index in [4.69, 9.17) is 10.5 Å². The summed E-state index contributed by atoms with van der Waals surface area (Å²) in [4.78, 5) is 13.7. The molecule has 1 amide bonds. The molecule has 0 bridgehead atoms. The summed E-state index contributed by atoms with van der Waals surface area (Å²) in [6, 6.07) is 7.55. The first kappa shape index (κ1) is 14.6. The van der Waals surface area contributed by atoms with Gasteiger partial charge in [-0.15, -0.1) is 0 Å². The van der Waals surface area contributed by atoms with Crippen LogP contribution in [0, 0.1) is 0 Å². The number of nitrogens with zero attached hydrogens (tertiary/aromatic N) is 1. The Hall–Kier alpha value is -1.43. The fourth-order valence-corrected chi connectivity index (χ4v) is 1.55. The van der Waals surface area contributed by atoms with E-state index >= 15 is 0 Å². The molecule has 0 heterocycles. The molecule has 1 rings (SSSR count). The number of hydrogen-bond acceptors (Lipinski definition) is 4. The van der Waals surface area contributed by atoms with E-state index in [2.05, 4.69) is 5.32 Å². The molecule has 3 N–H and O–H groups in total. The van der Waals surface area contributed by atoms with Crippen LogP contribution >= 0.6 is 0 Å². The lowest BCUT2D eigenvalue weighted by Crippen LogP contribution is -2.32. The zero-order chi connectivity index (χ0) is 13.4. The van der Waals surface area contributed by atoms with Gasteiger partial charge in [0.2, 0.25) is 5.91 Å². The molecule has 0 fully saturated rings. The van der Waals surface area contributed by atoms with E-state index in [-0.39, 0.29) is 5.91 Å². The smallest absolute Gasteiger partial charge is 0.238 e. The lowest BCUT2D eigenvalue weighted by atomic mass is 10.2. The van der Waals surface area contributed by atoms with Crippen LogP contribution in [-0.2, 0) is 16.1 Å². The van der Waals surface area contributed by atoms with Gasteiger partial charge in [0.15, 0.2) is 0 Å². The van der Waals surface area contributed by atoms with E-state index in [9.17, 15) is 4.79 Å². The summed E-state index contributed by atoms with van der Waals surface area (Å²) in [7, 11) is 3.53. The third-order valence-electron chi connectivity index (χ3n) is 2.54. The van der Waals surface area contributed by atoms with Crippen LogP contribution in [0.1, 0.15) is 5.56 Å². The molecule has 5 nitrogen and oxygen atoms in total. The number of likely N-dealkylation sites (N-methyl/N-ethyl adjacent to an activating group) is 1. The average Bonchev–Trinajstić information content (AvgIpc) is 2.36. The van der Waals surface area contributed by atoms with Gasteiger partial charge in [-0.2, -0.15) is 0 Å². The van der Waals surface area contributed by atoms with Gasteiger partial charge in [-0.05, 0) is 24.7 Å². The van der Waals surface area contributed by atoms with E-state index in [0.29, 0.717) is 19.7 Å². The summed E-state index contributed by atoms with van der Waals surface area (Å²) in [5.74, 6) is -0.0391. The minimum atomic E-state index is -0.0391. The number of methoxy groups -OCH3 is 1. The van der Waals surface area contributed by atoms with Gasteiger partial charge in [-0.25, -0.2) is 0 Å². The number of amides is 1. The number of rotatable bonds is 7. The van der Waals surface area contributed by atoms with Crippen LogP contribution in [-0.4, -0.2) is 44.7 Å². The Morgan fingerprint density at radius 3 is 2.94 bits per heavy atom. The largest absolute Gasteiger partial charge is 0.383 e. The normalized spacial score (nSPS) is 10.7. The van der Waals surface area contributed by atoms with E-state index < -0.39 is 0 Å². The summed E-state index contributed by atoms with van der Waals surface area (Å²) in [6.07, 6.45) is 0. The predicted octanol–water partition coefficient (Wildman–Crippen LogP) is 0.662. The van der Waals surface area contributed by atoms with Gasteiger partial charge in [0.25, 0.3) is 0 Å². The number of carbonyl (C=O) groups excluding carboxylic acids is 1. The van der Waals surface area contributed by atoms with Crippen molar-refractivity contribution in [2.24, 2.45) is 5.73 Å². The van der Waals surface area contributed by atoms with Crippen LogP contribution in [0.15, 0.2) is 24.3 Å². The summed E-state index contributed by atoms with van der Waals surface area (Å²) in [6.45, 7) is 2.16. The molecule has 0 aromatic heterocycles. The molecule has 0 spiro atoms. The number of benzene rings is 1. The van der Waals surface area contributed by atoms with Crippen LogP contribution in [0.25, 0.3) is 0 Å². The average molecular weight is 251 g/mol. The third kappa shape index (κ3) is 5.27. The van der Waals surface area contributed by atoms with Crippen molar-refractivity contribution >= 4 is 11.6 Å². The molecular weight excluding hydrogens is 230 g/mol. The van der Waals surface area contributed by atoms with E-state index in [1.165, 1.54) is 0 Å². The van der Waals surface area contributed by atoms with Crippen molar-refractivity contribution in [3.63, 3.8) is 0 Å². The molecule has 0 radical (unpaired) electrons. The second-order valence-corrected chi connectivity index (χ2v) is 4.18. The Morgan fingerprint density at radius 2 is 2.28 bits per heavy atom. The van der Waals surface area contributed by atoms with Crippen molar-refractivity contribution in [2.45, 2.75) is 6.54 Å². The van der Waals surface area contributed by atoms with Crippen molar-refractivity contribution in [2.75, 3.05) is 39.2 Å². The number of ether oxygens (including phenoxy) is 1. The Labute approximate surface area is 108 Å². The van der Waals surface area contributed by atoms with Gasteiger partial charge >= 0.3 is 0 Å². The molecule has 0 saturated carbocycles. The molecule has 5 heteroatoms. The zero-order valence-electron chi connectivity index (χ0n) is 11.0. The second kappa shape index (κ2) is 7.81. The molecular formula is C13H21N3O2. The topological polar surface area (TPSA) is 67.6 Å². The first-order valence-corrected chi connectivity index (χ1v) is 5.92. The standard InChI is InChI=1S/C13H21N3O2/c1-16(6-7-18-2)10-13(17)15-12-5-3-4-11(8-12)9-14/h3-5,8H,6-7,9-10,14H2,1-2H3,(H,15,17). The van der Waals surface area contributed by atoms with Gasteiger partial charge in [0, 0.05) is 25.9 Å². The van der Waals surface area contributed by atoms with Crippen LogP contribution in [0.2, 0.25) is 0 Å². The maximum Gasteiger partial charge on any atom is 0.238 e. The lowest BCUT2D eigenvalue weighted by Gasteiger charge is -2.15. The molecule has 0 aliphatic heterocycles. The highest BCUT2D eigenvalue weighted by molar-refractivity contribution is 5.92. The first-order valence-electron chi connectivity index (χ1n) is 5.92. The Morgan fingerprint density at radius 1 is 1.50 bits per heavy atom. The van der Waals surface area contributed by atoms with Crippen molar-refractivity contribution in [3.05, 3.63) is 29.8 Å². The number of nitrogens with one attached hydrogen (secondary N) is 1. The Bertz CT molecular complexity index is 382. The number of carbonyl (C=O) groups is 1. The quantitative estimate of drug-likeness (QED) is 0.747. The fourth-order valence-electron chi connectivity index (χ4n) is 1.55. The van der Waals surface area contributed by atoms with Gasteiger partial charge in [0.1, 0.15) is 0 Å². The molecule has 100 valence electrons. The van der Waals surface area contributed by atoms with Crippen molar-refractivity contribution in [1.82, 2.24) is 4.90 Å². The van der Waals surface area contributed by atoms with E-state index in [0.717, 1.165) is 17.8 Å². The highest BCUT2D eigenvalue weighted by Gasteiger charge is 2.06. The van der Waals surface area contributed by atoms with Gasteiger partial charge < -0.3 is 15.8 Å². The van der Waals surface area contributed by atoms with Crippen LogP contribution in [0.4, 0.5) is 5.69 Å². The zero-order valence-corrected chi connectivity index (χ0v) is 11.0. The van der Waals surface area contributed by atoms with Crippen LogP contribution < -0.4 is 11.1 Å². The lowest BCUT2D eigenvalue weighted by molar-refractivity contribution is -0.117. The molecule has 0 unspecified atom stereocenters. The molecule has 1 aromatic carbocycles. The summed E-state index contributed by atoms with van der Waals surface area (Å²) < 4.78 is 4.96. The SMILES string of the molecule is COCCN(C)CC(=O)Nc1cccc(CN)c1. The minimum Gasteiger partial charge on any atom is -0.383 e. The fraction of sp³-hybridized carbons (Fsp3) is 0.462. The second-order valence-electron chi connectivity index (χ2n) is 4.18. The van der Waals surface area contributed by atoms with Crippen LogP contribution in [0.5, 0.6) is 0 Å². The highest BCUT2D eigenvalue weighted by atomic mass is 16.5. The molecule has 0 atom stereocenters. The Balaban J connectivity index is 2.43. The highest BCUT2D eigenvalue weighted by Crippen LogP contribution is 2.09. The maximum atomic E-state index is 11.8. The molecule has 18 heavy (non-hydrogen) atoms. The minimum absolute atomic E-state index is 0.0391. The molecule has 1 aromatic rings. The molecule has 0 saturated heterocycles. The number of hydrogen-bond donors (Lipinski definition) is 2.